The Morgan fingerprint density at radius 2 is 2.21 bits per heavy atom. The molecule has 5 heteroatoms. The van der Waals surface area contributed by atoms with E-state index < -0.39 is 6.10 Å². The van der Waals surface area contributed by atoms with Crippen molar-refractivity contribution in [2.45, 2.75) is 50.9 Å². The predicted octanol–water partition coefficient (Wildman–Crippen LogP) is 2.10. The van der Waals surface area contributed by atoms with Crippen LogP contribution < -0.4 is 5.32 Å². The molecule has 1 aromatic heterocycles. The minimum Gasteiger partial charge on any atom is -0.388 e. The maximum absolute atomic E-state index is 12.1. The van der Waals surface area contributed by atoms with Gasteiger partial charge in [-0.25, -0.2) is 0 Å². The van der Waals surface area contributed by atoms with Crippen molar-refractivity contribution in [3.8, 4) is 0 Å². The lowest BCUT2D eigenvalue weighted by Gasteiger charge is -2.26. The monoisotopic (exact) mass is 283 g/mol. The molecule has 19 heavy (non-hydrogen) atoms. The highest BCUT2D eigenvalue weighted by molar-refractivity contribution is 7.12. The number of ether oxygens (including phenoxy) is 1. The van der Waals surface area contributed by atoms with Crippen molar-refractivity contribution in [2.75, 3.05) is 7.11 Å². The molecule has 1 amide bonds. The number of hydrogen-bond donors (Lipinski definition) is 2. The lowest BCUT2D eigenvalue weighted by atomic mass is 10.0. The van der Waals surface area contributed by atoms with Crippen molar-refractivity contribution in [1.82, 2.24) is 5.32 Å². The minimum absolute atomic E-state index is 0.0982. The summed E-state index contributed by atoms with van der Waals surface area (Å²) in [6.45, 7) is 1.97. The van der Waals surface area contributed by atoms with E-state index in [2.05, 4.69) is 5.32 Å². The second-order valence-electron chi connectivity index (χ2n) is 5.12. The lowest BCUT2D eigenvalue weighted by Crippen LogP contribution is -2.47. The van der Waals surface area contributed by atoms with Gasteiger partial charge in [-0.05, 0) is 36.8 Å². The SMILES string of the molecule is CO[C@@H]1CCCC[C@@H](NC(=O)c2cc(C)cs2)[C@H]1O. The molecule has 1 fully saturated rings. The third-order valence-corrected chi connectivity index (χ3v) is 4.67. The second kappa shape index (κ2) is 6.50. The average molecular weight is 283 g/mol. The van der Waals surface area contributed by atoms with E-state index in [1.807, 2.05) is 18.4 Å². The summed E-state index contributed by atoms with van der Waals surface area (Å²) >= 11 is 1.43. The Labute approximate surface area is 117 Å². The molecule has 0 aromatic carbocycles. The minimum atomic E-state index is -0.627. The van der Waals surface area contributed by atoms with Crippen LogP contribution in [0.15, 0.2) is 11.4 Å². The first-order valence-electron chi connectivity index (χ1n) is 6.68. The van der Waals surface area contributed by atoms with Gasteiger partial charge in [-0.3, -0.25) is 4.79 Å². The van der Waals surface area contributed by atoms with Crippen LogP contribution in [0.25, 0.3) is 0 Å². The first-order chi connectivity index (χ1) is 9.11. The number of aryl methyl sites for hydroxylation is 1. The first kappa shape index (κ1) is 14.5. The summed E-state index contributed by atoms with van der Waals surface area (Å²) in [7, 11) is 1.61. The van der Waals surface area contributed by atoms with E-state index >= 15 is 0 Å². The van der Waals surface area contributed by atoms with E-state index in [-0.39, 0.29) is 18.1 Å². The lowest BCUT2D eigenvalue weighted by molar-refractivity contribution is -0.0277. The van der Waals surface area contributed by atoms with Gasteiger partial charge >= 0.3 is 0 Å². The molecule has 0 aliphatic heterocycles. The van der Waals surface area contributed by atoms with Crippen molar-refractivity contribution < 1.29 is 14.6 Å². The summed E-state index contributed by atoms with van der Waals surface area (Å²) < 4.78 is 5.31. The van der Waals surface area contributed by atoms with Crippen molar-refractivity contribution in [3.05, 3.63) is 21.9 Å². The van der Waals surface area contributed by atoms with Crippen molar-refractivity contribution >= 4 is 17.2 Å². The summed E-state index contributed by atoms with van der Waals surface area (Å²) in [6, 6.07) is 1.65. The molecule has 0 radical (unpaired) electrons. The van der Waals surface area contributed by atoms with Gasteiger partial charge in [0.25, 0.3) is 5.91 Å². The number of amides is 1. The van der Waals surface area contributed by atoms with E-state index in [0.717, 1.165) is 31.2 Å². The van der Waals surface area contributed by atoms with E-state index in [1.54, 1.807) is 7.11 Å². The molecule has 1 saturated carbocycles. The molecule has 2 N–H and O–H groups in total. The van der Waals surface area contributed by atoms with Gasteiger partial charge < -0.3 is 15.2 Å². The zero-order valence-electron chi connectivity index (χ0n) is 11.4. The number of carbonyl (C=O) groups excluding carboxylic acids is 1. The smallest absolute Gasteiger partial charge is 0.261 e. The van der Waals surface area contributed by atoms with E-state index in [9.17, 15) is 9.90 Å². The van der Waals surface area contributed by atoms with Gasteiger partial charge in [0, 0.05) is 7.11 Å². The van der Waals surface area contributed by atoms with Gasteiger partial charge in [0.05, 0.1) is 17.0 Å². The Bertz CT molecular complexity index is 432. The van der Waals surface area contributed by atoms with Gasteiger partial charge in [-0.1, -0.05) is 12.8 Å². The maximum atomic E-state index is 12.1. The summed E-state index contributed by atoms with van der Waals surface area (Å²) in [5.41, 5.74) is 1.09. The number of thiophene rings is 1. The van der Waals surface area contributed by atoms with Gasteiger partial charge in [0.2, 0.25) is 0 Å². The number of aliphatic hydroxyl groups excluding tert-OH is 1. The van der Waals surface area contributed by atoms with Crippen LogP contribution in [0, 0.1) is 6.92 Å². The maximum Gasteiger partial charge on any atom is 0.261 e. The fraction of sp³-hybridized carbons (Fsp3) is 0.643. The van der Waals surface area contributed by atoms with Crippen LogP contribution in [0.2, 0.25) is 0 Å². The van der Waals surface area contributed by atoms with Crippen molar-refractivity contribution in [3.63, 3.8) is 0 Å². The molecule has 4 nitrogen and oxygen atoms in total. The van der Waals surface area contributed by atoms with Gasteiger partial charge in [-0.15, -0.1) is 11.3 Å². The summed E-state index contributed by atoms with van der Waals surface area (Å²) in [6.07, 6.45) is 2.88. The predicted molar refractivity (Wildman–Crippen MR) is 75.6 cm³/mol. The molecule has 0 unspecified atom stereocenters. The third kappa shape index (κ3) is 3.55. The number of aliphatic hydroxyl groups is 1. The Morgan fingerprint density at radius 1 is 1.47 bits per heavy atom. The van der Waals surface area contributed by atoms with E-state index in [0.29, 0.717) is 4.88 Å². The van der Waals surface area contributed by atoms with Gasteiger partial charge in [0.15, 0.2) is 0 Å². The molecule has 106 valence electrons. The van der Waals surface area contributed by atoms with Crippen LogP contribution in [0.5, 0.6) is 0 Å². The molecular formula is C14H21NO3S. The Hall–Kier alpha value is -0.910. The van der Waals surface area contributed by atoms with Gasteiger partial charge in [-0.2, -0.15) is 0 Å². The number of rotatable bonds is 3. The van der Waals surface area contributed by atoms with Crippen LogP contribution in [0.3, 0.4) is 0 Å². The number of nitrogens with one attached hydrogen (secondary N) is 1. The van der Waals surface area contributed by atoms with E-state index in [4.69, 9.17) is 4.74 Å². The average Bonchev–Trinajstić information content (AvgIpc) is 2.75. The van der Waals surface area contributed by atoms with Crippen LogP contribution in [0.4, 0.5) is 0 Å². The highest BCUT2D eigenvalue weighted by atomic mass is 32.1. The second-order valence-corrected chi connectivity index (χ2v) is 6.03. The Kier molecular flexibility index (Phi) is 4.96. The molecule has 1 aliphatic rings. The van der Waals surface area contributed by atoms with Crippen LogP contribution in [0.1, 0.15) is 40.9 Å². The van der Waals surface area contributed by atoms with Crippen LogP contribution in [-0.2, 0) is 4.74 Å². The fourth-order valence-corrected chi connectivity index (χ4v) is 3.32. The zero-order valence-corrected chi connectivity index (χ0v) is 12.2. The zero-order chi connectivity index (χ0) is 13.8. The third-order valence-electron chi connectivity index (χ3n) is 3.62. The molecule has 0 saturated heterocycles. The summed E-state index contributed by atoms with van der Waals surface area (Å²) in [5, 5.41) is 15.2. The Morgan fingerprint density at radius 3 is 2.84 bits per heavy atom. The molecule has 1 aromatic rings. The molecule has 3 atom stereocenters. The van der Waals surface area contributed by atoms with Crippen LogP contribution >= 0.6 is 11.3 Å². The number of methoxy groups -OCH3 is 1. The molecule has 1 aliphatic carbocycles. The highest BCUT2D eigenvalue weighted by Gasteiger charge is 2.31. The fourth-order valence-electron chi connectivity index (χ4n) is 2.52. The Balaban J connectivity index is 2.02. The van der Waals surface area contributed by atoms with E-state index in [1.165, 1.54) is 11.3 Å². The van der Waals surface area contributed by atoms with Crippen molar-refractivity contribution in [2.24, 2.45) is 0 Å². The van der Waals surface area contributed by atoms with Crippen molar-refractivity contribution in [1.29, 1.82) is 0 Å². The van der Waals surface area contributed by atoms with Gasteiger partial charge in [0.1, 0.15) is 6.10 Å². The first-order valence-corrected chi connectivity index (χ1v) is 7.56. The molecule has 0 bridgehead atoms. The molecule has 1 heterocycles. The summed E-state index contributed by atoms with van der Waals surface area (Å²) in [5.74, 6) is -0.0982. The topological polar surface area (TPSA) is 58.6 Å². The standard InChI is InChI=1S/C14H21NO3S/c1-9-7-12(19-8-9)14(17)15-10-5-3-4-6-11(18-2)13(10)16/h7-8,10-11,13,16H,3-6H2,1-2H3,(H,15,17)/t10-,11-,13-/m1/s1. The highest BCUT2D eigenvalue weighted by Crippen LogP contribution is 2.22. The largest absolute Gasteiger partial charge is 0.388 e. The van der Waals surface area contributed by atoms with Crippen LogP contribution in [-0.4, -0.2) is 36.4 Å². The normalized spacial score (nSPS) is 27.8. The number of hydrogen-bond acceptors (Lipinski definition) is 4. The molecule has 0 spiro atoms. The molecule has 2 rings (SSSR count). The quantitative estimate of drug-likeness (QED) is 0.835. The molecular weight excluding hydrogens is 262 g/mol. The number of carbonyl (C=O) groups is 1. The summed E-state index contributed by atoms with van der Waals surface area (Å²) in [4.78, 5) is 12.8.